The summed E-state index contributed by atoms with van der Waals surface area (Å²) < 4.78 is 24.2. The van der Waals surface area contributed by atoms with Crippen molar-refractivity contribution in [2.75, 3.05) is 24.7 Å². The van der Waals surface area contributed by atoms with Crippen LogP contribution in [0.4, 0.5) is 5.95 Å². The number of anilines is 1. The van der Waals surface area contributed by atoms with Crippen LogP contribution in [0.2, 0.25) is 10.2 Å². The molecule has 0 amide bonds. The van der Waals surface area contributed by atoms with Crippen LogP contribution >= 0.6 is 23.2 Å². The van der Waals surface area contributed by atoms with E-state index in [2.05, 4.69) is 15.3 Å². The van der Waals surface area contributed by atoms with Crippen LogP contribution in [-0.2, 0) is 10.0 Å². The van der Waals surface area contributed by atoms with E-state index in [0.717, 1.165) is 0 Å². The molecule has 1 fully saturated rings. The standard InChI is InChI=1S/C10H14Cl2N4O2S/c1-19(17,18)16-4-2-7(3-5-16)14-10-13-6-8(11)9(12)15-10/h6-7H,2-5H2,1H3,(H,13,14,15). The van der Waals surface area contributed by atoms with E-state index in [4.69, 9.17) is 23.2 Å². The number of hydrogen-bond donors (Lipinski definition) is 1. The summed E-state index contributed by atoms with van der Waals surface area (Å²) in [5.41, 5.74) is 0. The Hall–Kier alpha value is -0.630. The van der Waals surface area contributed by atoms with Gasteiger partial charge in [0, 0.05) is 19.1 Å². The van der Waals surface area contributed by atoms with E-state index in [-0.39, 0.29) is 11.2 Å². The summed E-state index contributed by atoms with van der Waals surface area (Å²) in [6, 6.07) is 0.134. The second-order valence-corrected chi connectivity index (χ2v) is 7.16. The van der Waals surface area contributed by atoms with Crippen molar-refractivity contribution in [3.8, 4) is 0 Å². The van der Waals surface area contributed by atoms with Crippen molar-refractivity contribution in [2.24, 2.45) is 0 Å². The third-order valence-corrected chi connectivity index (χ3v) is 4.92. The van der Waals surface area contributed by atoms with Crippen LogP contribution in [-0.4, -0.2) is 48.1 Å². The Morgan fingerprint density at radius 2 is 2.00 bits per heavy atom. The lowest BCUT2D eigenvalue weighted by atomic mass is 10.1. The second-order valence-electron chi connectivity index (χ2n) is 4.41. The van der Waals surface area contributed by atoms with Crippen molar-refractivity contribution < 1.29 is 8.42 Å². The van der Waals surface area contributed by atoms with Crippen molar-refractivity contribution in [2.45, 2.75) is 18.9 Å². The summed E-state index contributed by atoms with van der Waals surface area (Å²) in [7, 11) is -3.10. The number of sulfonamides is 1. The Morgan fingerprint density at radius 3 is 2.53 bits per heavy atom. The van der Waals surface area contributed by atoms with Crippen molar-refractivity contribution in [3.05, 3.63) is 16.4 Å². The zero-order chi connectivity index (χ0) is 14.0. The molecule has 2 heterocycles. The van der Waals surface area contributed by atoms with Gasteiger partial charge in [0.05, 0.1) is 17.5 Å². The van der Waals surface area contributed by atoms with E-state index in [0.29, 0.717) is 36.9 Å². The molecular formula is C10H14Cl2N4O2S. The highest BCUT2D eigenvalue weighted by Gasteiger charge is 2.25. The molecule has 0 saturated carbocycles. The molecule has 106 valence electrons. The second kappa shape index (κ2) is 5.78. The van der Waals surface area contributed by atoms with Crippen LogP contribution in [0, 0.1) is 0 Å². The van der Waals surface area contributed by atoms with Gasteiger partial charge >= 0.3 is 0 Å². The van der Waals surface area contributed by atoms with E-state index in [9.17, 15) is 8.42 Å². The van der Waals surface area contributed by atoms with Gasteiger partial charge in [0.25, 0.3) is 0 Å². The van der Waals surface area contributed by atoms with Crippen molar-refractivity contribution in [1.29, 1.82) is 0 Å². The Bertz CT molecular complexity index is 559. The molecule has 1 aliphatic rings. The zero-order valence-corrected chi connectivity index (χ0v) is 12.6. The maximum Gasteiger partial charge on any atom is 0.224 e. The molecule has 0 radical (unpaired) electrons. The maximum absolute atomic E-state index is 11.4. The van der Waals surface area contributed by atoms with Gasteiger partial charge in [0.15, 0.2) is 5.15 Å². The van der Waals surface area contributed by atoms with E-state index in [1.54, 1.807) is 0 Å². The maximum atomic E-state index is 11.4. The minimum atomic E-state index is -3.10. The van der Waals surface area contributed by atoms with Gasteiger partial charge in [-0.15, -0.1) is 0 Å². The summed E-state index contributed by atoms with van der Waals surface area (Å²) in [6.07, 6.45) is 4.07. The molecule has 0 unspecified atom stereocenters. The number of hydrogen-bond acceptors (Lipinski definition) is 5. The molecule has 9 heteroatoms. The molecule has 1 saturated heterocycles. The fourth-order valence-electron chi connectivity index (χ4n) is 1.93. The van der Waals surface area contributed by atoms with Crippen LogP contribution in [0.3, 0.4) is 0 Å². The molecule has 1 aliphatic heterocycles. The molecule has 1 N–H and O–H groups in total. The quantitative estimate of drug-likeness (QED) is 0.855. The molecule has 2 rings (SSSR count). The third-order valence-electron chi connectivity index (χ3n) is 2.96. The first-order valence-electron chi connectivity index (χ1n) is 5.76. The Morgan fingerprint density at radius 1 is 1.37 bits per heavy atom. The third kappa shape index (κ3) is 3.92. The van der Waals surface area contributed by atoms with Gasteiger partial charge in [-0.25, -0.2) is 17.7 Å². The highest BCUT2D eigenvalue weighted by Crippen LogP contribution is 2.21. The van der Waals surface area contributed by atoms with Gasteiger partial charge in [-0.1, -0.05) is 23.2 Å². The average molecular weight is 325 g/mol. The van der Waals surface area contributed by atoms with Gasteiger partial charge in [0.2, 0.25) is 16.0 Å². The summed E-state index contributed by atoms with van der Waals surface area (Å²) in [5.74, 6) is 0.409. The summed E-state index contributed by atoms with van der Waals surface area (Å²) in [4.78, 5) is 8.04. The topological polar surface area (TPSA) is 75.2 Å². The lowest BCUT2D eigenvalue weighted by Crippen LogP contribution is -2.42. The lowest BCUT2D eigenvalue weighted by molar-refractivity contribution is 0.331. The number of piperidine rings is 1. The average Bonchev–Trinajstić information content (AvgIpc) is 2.33. The highest BCUT2D eigenvalue weighted by molar-refractivity contribution is 7.88. The van der Waals surface area contributed by atoms with E-state index in [1.165, 1.54) is 16.8 Å². The largest absolute Gasteiger partial charge is 0.351 e. The monoisotopic (exact) mass is 324 g/mol. The number of nitrogens with zero attached hydrogens (tertiary/aromatic N) is 3. The molecule has 0 spiro atoms. The number of halogens is 2. The predicted molar refractivity (Wildman–Crippen MR) is 75.1 cm³/mol. The van der Waals surface area contributed by atoms with E-state index < -0.39 is 10.0 Å². The van der Waals surface area contributed by atoms with Crippen LogP contribution in [0.25, 0.3) is 0 Å². The van der Waals surface area contributed by atoms with Crippen molar-refractivity contribution >= 4 is 39.2 Å². The van der Waals surface area contributed by atoms with Crippen LogP contribution < -0.4 is 5.32 Å². The van der Waals surface area contributed by atoms with E-state index >= 15 is 0 Å². The molecule has 19 heavy (non-hydrogen) atoms. The SMILES string of the molecule is CS(=O)(=O)N1CCC(Nc2ncc(Cl)c(Cl)n2)CC1. The van der Waals surface area contributed by atoms with Gasteiger partial charge in [-0.2, -0.15) is 4.98 Å². The van der Waals surface area contributed by atoms with Crippen LogP contribution in [0.5, 0.6) is 0 Å². The zero-order valence-electron chi connectivity index (χ0n) is 10.3. The summed E-state index contributed by atoms with van der Waals surface area (Å²) in [6.45, 7) is 0.996. The summed E-state index contributed by atoms with van der Waals surface area (Å²) in [5, 5.41) is 3.64. The normalized spacial score (nSPS) is 18.5. The Kier molecular flexibility index (Phi) is 4.50. The lowest BCUT2D eigenvalue weighted by Gasteiger charge is -2.30. The molecule has 0 atom stereocenters. The first-order valence-corrected chi connectivity index (χ1v) is 8.36. The fraction of sp³-hybridized carbons (Fsp3) is 0.600. The summed E-state index contributed by atoms with van der Waals surface area (Å²) >= 11 is 11.5. The Labute approximate surface area is 122 Å². The first kappa shape index (κ1) is 14.8. The van der Waals surface area contributed by atoms with Crippen LogP contribution in [0.1, 0.15) is 12.8 Å². The molecule has 0 bridgehead atoms. The molecule has 0 aliphatic carbocycles. The predicted octanol–water partition coefficient (Wildman–Crippen LogP) is 1.62. The highest BCUT2D eigenvalue weighted by atomic mass is 35.5. The van der Waals surface area contributed by atoms with Gasteiger partial charge in [-0.3, -0.25) is 0 Å². The molecule has 6 nitrogen and oxygen atoms in total. The van der Waals surface area contributed by atoms with Crippen LogP contribution in [0.15, 0.2) is 6.20 Å². The smallest absolute Gasteiger partial charge is 0.224 e. The first-order chi connectivity index (χ1) is 8.86. The van der Waals surface area contributed by atoms with Gasteiger partial charge in [0.1, 0.15) is 0 Å². The molecule has 1 aromatic rings. The van der Waals surface area contributed by atoms with E-state index in [1.807, 2.05) is 0 Å². The number of nitrogens with one attached hydrogen (secondary N) is 1. The number of aromatic nitrogens is 2. The van der Waals surface area contributed by atoms with Crippen molar-refractivity contribution in [3.63, 3.8) is 0 Å². The minimum Gasteiger partial charge on any atom is -0.351 e. The fourth-order valence-corrected chi connectivity index (χ4v) is 3.02. The molecular weight excluding hydrogens is 311 g/mol. The van der Waals surface area contributed by atoms with Crippen molar-refractivity contribution in [1.82, 2.24) is 14.3 Å². The van der Waals surface area contributed by atoms with Gasteiger partial charge in [-0.05, 0) is 12.8 Å². The number of rotatable bonds is 3. The molecule has 1 aromatic heterocycles. The minimum absolute atomic E-state index is 0.134. The molecule has 0 aromatic carbocycles. The Balaban J connectivity index is 1.94. The van der Waals surface area contributed by atoms with Gasteiger partial charge < -0.3 is 5.32 Å².